The predicted molar refractivity (Wildman–Crippen MR) is 71.2 cm³/mol. The first-order valence-corrected chi connectivity index (χ1v) is 7.98. The molecule has 2 fully saturated rings. The van der Waals surface area contributed by atoms with E-state index < -0.39 is 0 Å². The second-order valence-corrected chi connectivity index (χ2v) is 6.25. The lowest BCUT2D eigenvalue weighted by atomic mass is 9.83. The summed E-state index contributed by atoms with van der Waals surface area (Å²) in [5.74, 6) is 2.57. The molecule has 2 aliphatic heterocycles. The van der Waals surface area contributed by atoms with E-state index in [0.717, 1.165) is 13.2 Å². The molecule has 0 radical (unpaired) electrons. The highest BCUT2D eigenvalue weighted by molar-refractivity contribution is 7.99. The molecule has 0 bridgehead atoms. The third-order valence-electron chi connectivity index (χ3n) is 3.95. The van der Waals surface area contributed by atoms with Gasteiger partial charge in [-0.25, -0.2) is 0 Å². The Morgan fingerprint density at radius 1 is 1.31 bits per heavy atom. The van der Waals surface area contributed by atoms with Crippen molar-refractivity contribution in [2.24, 2.45) is 0 Å². The van der Waals surface area contributed by atoms with E-state index in [1.165, 1.54) is 50.0 Å². The van der Waals surface area contributed by atoms with Crippen LogP contribution < -0.4 is 5.32 Å². The minimum absolute atomic E-state index is 0.192. The van der Waals surface area contributed by atoms with Gasteiger partial charge in [0.15, 0.2) is 0 Å². The maximum Gasteiger partial charge on any atom is 0.0851 e. The molecular formula is C13H25NOS. The van der Waals surface area contributed by atoms with Gasteiger partial charge in [-0.15, -0.1) is 0 Å². The Labute approximate surface area is 104 Å². The third-order valence-corrected chi connectivity index (χ3v) is 4.94. The number of hydrogen-bond donors (Lipinski definition) is 1. The van der Waals surface area contributed by atoms with Gasteiger partial charge in [0.1, 0.15) is 0 Å². The summed E-state index contributed by atoms with van der Waals surface area (Å²) in [7, 11) is 0. The second kappa shape index (κ2) is 6.27. The van der Waals surface area contributed by atoms with Crippen LogP contribution in [-0.2, 0) is 4.74 Å². The Morgan fingerprint density at radius 2 is 2.12 bits per heavy atom. The third kappa shape index (κ3) is 2.93. The quantitative estimate of drug-likeness (QED) is 0.767. The molecule has 0 aromatic carbocycles. The zero-order chi connectivity index (χ0) is 11.3. The van der Waals surface area contributed by atoms with Crippen molar-refractivity contribution in [3.63, 3.8) is 0 Å². The summed E-state index contributed by atoms with van der Waals surface area (Å²) in [5.41, 5.74) is 0.192. The van der Waals surface area contributed by atoms with Gasteiger partial charge in [-0.1, -0.05) is 26.2 Å². The zero-order valence-corrected chi connectivity index (χ0v) is 11.3. The lowest BCUT2D eigenvalue weighted by Crippen LogP contribution is -2.59. The first kappa shape index (κ1) is 12.7. The number of morpholine rings is 1. The molecule has 0 aromatic heterocycles. The second-order valence-electron chi connectivity index (χ2n) is 5.03. The number of rotatable bonds is 4. The molecule has 2 saturated heterocycles. The van der Waals surface area contributed by atoms with Crippen LogP contribution in [0, 0.1) is 0 Å². The van der Waals surface area contributed by atoms with E-state index >= 15 is 0 Å². The predicted octanol–water partition coefficient (Wildman–Crippen LogP) is 2.82. The van der Waals surface area contributed by atoms with Crippen molar-refractivity contribution < 1.29 is 4.74 Å². The summed E-state index contributed by atoms with van der Waals surface area (Å²) in [6, 6.07) is 0.619. The highest BCUT2D eigenvalue weighted by Gasteiger charge is 2.42. The molecule has 3 heteroatoms. The van der Waals surface area contributed by atoms with E-state index in [1.807, 2.05) is 0 Å². The van der Waals surface area contributed by atoms with Gasteiger partial charge in [-0.05, 0) is 30.8 Å². The Kier molecular flexibility index (Phi) is 4.98. The molecule has 1 N–H and O–H groups in total. The standard InChI is InChI=1S/C13H25NOS/c1-2-3-4-5-12-13(15-9-8-14-12)6-10-16-11-7-13/h12,14H,2-11H2,1H3. The molecule has 0 aliphatic carbocycles. The van der Waals surface area contributed by atoms with Crippen molar-refractivity contribution in [1.82, 2.24) is 5.32 Å². The van der Waals surface area contributed by atoms with Crippen LogP contribution in [0.5, 0.6) is 0 Å². The van der Waals surface area contributed by atoms with Crippen LogP contribution in [0.2, 0.25) is 0 Å². The van der Waals surface area contributed by atoms with E-state index in [2.05, 4.69) is 24.0 Å². The molecule has 0 aromatic rings. The lowest BCUT2D eigenvalue weighted by Gasteiger charge is -2.47. The number of thioether (sulfide) groups is 1. The van der Waals surface area contributed by atoms with E-state index in [4.69, 9.17) is 4.74 Å². The van der Waals surface area contributed by atoms with Crippen molar-refractivity contribution in [2.45, 2.75) is 57.1 Å². The molecule has 2 aliphatic rings. The molecule has 2 nitrogen and oxygen atoms in total. The molecule has 2 heterocycles. The van der Waals surface area contributed by atoms with Crippen LogP contribution in [0.1, 0.15) is 45.4 Å². The van der Waals surface area contributed by atoms with E-state index in [0.29, 0.717) is 6.04 Å². The Hall–Kier alpha value is 0.270. The molecule has 1 unspecified atom stereocenters. The Bertz CT molecular complexity index is 196. The van der Waals surface area contributed by atoms with Gasteiger partial charge in [0.25, 0.3) is 0 Å². The monoisotopic (exact) mass is 243 g/mol. The van der Waals surface area contributed by atoms with E-state index in [1.54, 1.807) is 0 Å². The van der Waals surface area contributed by atoms with Crippen LogP contribution in [0.3, 0.4) is 0 Å². The SMILES string of the molecule is CCCCCC1NCCOC12CCSCC2. The molecule has 1 atom stereocenters. The van der Waals surface area contributed by atoms with Gasteiger partial charge < -0.3 is 10.1 Å². The summed E-state index contributed by atoms with van der Waals surface area (Å²) in [6.45, 7) is 4.23. The van der Waals surface area contributed by atoms with Crippen molar-refractivity contribution >= 4 is 11.8 Å². The fraction of sp³-hybridized carbons (Fsp3) is 1.00. The van der Waals surface area contributed by atoms with Crippen LogP contribution in [0.4, 0.5) is 0 Å². The number of nitrogens with one attached hydrogen (secondary N) is 1. The highest BCUT2D eigenvalue weighted by Crippen LogP contribution is 2.36. The van der Waals surface area contributed by atoms with Gasteiger partial charge in [0, 0.05) is 12.6 Å². The van der Waals surface area contributed by atoms with Crippen LogP contribution in [0.15, 0.2) is 0 Å². The van der Waals surface area contributed by atoms with Crippen LogP contribution in [-0.4, -0.2) is 36.3 Å². The maximum atomic E-state index is 6.17. The zero-order valence-electron chi connectivity index (χ0n) is 10.5. The Balaban J connectivity index is 1.90. The van der Waals surface area contributed by atoms with Crippen molar-refractivity contribution in [2.75, 3.05) is 24.7 Å². The average molecular weight is 243 g/mol. The van der Waals surface area contributed by atoms with Crippen molar-refractivity contribution in [3.05, 3.63) is 0 Å². The summed E-state index contributed by atoms with van der Waals surface area (Å²) < 4.78 is 6.17. The molecule has 0 saturated carbocycles. The Morgan fingerprint density at radius 3 is 2.88 bits per heavy atom. The molecule has 1 spiro atoms. The van der Waals surface area contributed by atoms with Crippen LogP contribution in [0.25, 0.3) is 0 Å². The number of unbranched alkanes of at least 4 members (excludes halogenated alkanes) is 2. The first-order chi connectivity index (χ1) is 7.87. The fourth-order valence-corrected chi connectivity index (χ4v) is 4.13. The maximum absolute atomic E-state index is 6.17. The molecule has 2 rings (SSSR count). The molecular weight excluding hydrogens is 218 g/mol. The van der Waals surface area contributed by atoms with E-state index in [-0.39, 0.29) is 5.60 Å². The average Bonchev–Trinajstić information content (AvgIpc) is 2.33. The molecule has 0 amide bonds. The number of ether oxygens (including phenoxy) is 1. The van der Waals surface area contributed by atoms with Crippen molar-refractivity contribution in [1.29, 1.82) is 0 Å². The fourth-order valence-electron chi connectivity index (χ4n) is 2.95. The largest absolute Gasteiger partial charge is 0.372 e. The summed E-state index contributed by atoms with van der Waals surface area (Å²) in [4.78, 5) is 0. The minimum atomic E-state index is 0.192. The van der Waals surface area contributed by atoms with Gasteiger partial charge in [-0.3, -0.25) is 0 Å². The van der Waals surface area contributed by atoms with Crippen LogP contribution >= 0.6 is 11.8 Å². The molecule has 94 valence electrons. The van der Waals surface area contributed by atoms with Gasteiger partial charge in [0.2, 0.25) is 0 Å². The van der Waals surface area contributed by atoms with E-state index in [9.17, 15) is 0 Å². The summed E-state index contributed by atoms with van der Waals surface area (Å²) in [6.07, 6.45) is 7.84. The van der Waals surface area contributed by atoms with Gasteiger partial charge in [0.05, 0.1) is 12.2 Å². The highest BCUT2D eigenvalue weighted by atomic mass is 32.2. The van der Waals surface area contributed by atoms with Gasteiger partial charge in [-0.2, -0.15) is 11.8 Å². The molecule has 16 heavy (non-hydrogen) atoms. The first-order valence-electron chi connectivity index (χ1n) is 6.82. The smallest absolute Gasteiger partial charge is 0.0851 e. The normalized spacial score (nSPS) is 29.4. The van der Waals surface area contributed by atoms with Gasteiger partial charge >= 0.3 is 0 Å². The summed E-state index contributed by atoms with van der Waals surface area (Å²) in [5, 5.41) is 3.70. The topological polar surface area (TPSA) is 21.3 Å². The number of hydrogen-bond acceptors (Lipinski definition) is 3. The lowest BCUT2D eigenvalue weighted by molar-refractivity contribution is -0.104. The van der Waals surface area contributed by atoms with Crippen molar-refractivity contribution in [3.8, 4) is 0 Å². The summed E-state index contributed by atoms with van der Waals surface area (Å²) >= 11 is 2.09. The minimum Gasteiger partial charge on any atom is -0.372 e.